The van der Waals surface area contributed by atoms with E-state index in [1.807, 2.05) is 0 Å². The molecule has 2 aliphatic rings. The third-order valence-corrected chi connectivity index (χ3v) is 6.07. The normalized spacial score (nSPS) is 19.1. The first-order valence-electron chi connectivity index (χ1n) is 10.0. The van der Waals surface area contributed by atoms with Gasteiger partial charge in [0.05, 0.1) is 12.1 Å². The van der Waals surface area contributed by atoms with Gasteiger partial charge in [-0.3, -0.25) is 4.90 Å². The number of aromatic nitrogens is 4. The Labute approximate surface area is 160 Å². The molecule has 0 bridgehead atoms. The SMILES string of the molecule is c1ccc([C@H](c2nnnn2C2CCCC2)N2CCc3ccccc3C2)cc1. The number of tetrazole rings is 1. The topological polar surface area (TPSA) is 46.8 Å². The van der Waals surface area contributed by atoms with Gasteiger partial charge in [-0.25, -0.2) is 4.68 Å². The van der Waals surface area contributed by atoms with Gasteiger partial charge >= 0.3 is 0 Å². The van der Waals surface area contributed by atoms with E-state index in [9.17, 15) is 0 Å². The molecule has 1 aliphatic heterocycles. The Morgan fingerprint density at radius 1 is 0.889 bits per heavy atom. The van der Waals surface area contributed by atoms with Crippen LogP contribution in [0.3, 0.4) is 0 Å². The van der Waals surface area contributed by atoms with Gasteiger partial charge in [0.1, 0.15) is 0 Å². The van der Waals surface area contributed by atoms with E-state index >= 15 is 0 Å². The lowest BCUT2D eigenvalue weighted by molar-refractivity contribution is 0.191. The number of fused-ring (bicyclic) bond motifs is 1. The third-order valence-electron chi connectivity index (χ3n) is 6.07. The summed E-state index contributed by atoms with van der Waals surface area (Å²) in [6.45, 7) is 1.96. The second-order valence-corrected chi connectivity index (χ2v) is 7.72. The summed E-state index contributed by atoms with van der Waals surface area (Å²) in [5.41, 5.74) is 4.16. The van der Waals surface area contributed by atoms with Crippen molar-refractivity contribution >= 4 is 0 Å². The van der Waals surface area contributed by atoms with Crippen LogP contribution < -0.4 is 0 Å². The Bertz CT molecular complexity index is 898. The van der Waals surface area contributed by atoms with E-state index in [4.69, 9.17) is 0 Å². The van der Waals surface area contributed by atoms with Crippen LogP contribution in [0.25, 0.3) is 0 Å². The molecule has 5 rings (SSSR count). The smallest absolute Gasteiger partial charge is 0.173 e. The summed E-state index contributed by atoms with van der Waals surface area (Å²) in [7, 11) is 0. The molecule has 1 saturated carbocycles. The summed E-state index contributed by atoms with van der Waals surface area (Å²) in [6.07, 6.45) is 5.99. The predicted octanol–water partition coefficient (Wildman–Crippen LogP) is 3.94. The van der Waals surface area contributed by atoms with Crippen molar-refractivity contribution < 1.29 is 0 Å². The first-order valence-corrected chi connectivity index (χ1v) is 10.0. The van der Waals surface area contributed by atoms with Gasteiger partial charge in [0.2, 0.25) is 0 Å². The molecule has 1 aromatic heterocycles. The van der Waals surface area contributed by atoms with E-state index in [0.29, 0.717) is 6.04 Å². The molecule has 2 aromatic carbocycles. The average Bonchev–Trinajstić information content (AvgIpc) is 3.41. The molecular formula is C22H25N5. The van der Waals surface area contributed by atoms with E-state index in [-0.39, 0.29) is 6.04 Å². The zero-order chi connectivity index (χ0) is 18.1. The van der Waals surface area contributed by atoms with Crippen molar-refractivity contribution in [3.8, 4) is 0 Å². The van der Waals surface area contributed by atoms with Crippen LogP contribution in [0.5, 0.6) is 0 Å². The van der Waals surface area contributed by atoms with Crippen molar-refractivity contribution in [2.75, 3.05) is 6.54 Å². The van der Waals surface area contributed by atoms with Crippen LogP contribution in [0.2, 0.25) is 0 Å². The van der Waals surface area contributed by atoms with Crippen molar-refractivity contribution in [1.29, 1.82) is 0 Å². The van der Waals surface area contributed by atoms with Crippen LogP contribution in [0.15, 0.2) is 54.6 Å². The fraction of sp³-hybridized carbons (Fsp3) is 0.409. The van der Waals surface area contributed by atoms with Gasteiger partial charge in [0, 0.05) is 13.1 Å². The Morgan fingerprint density at radius 3 is 2.44 bits per heavy atom. The molecule has 0 radical (unpaired) electrons. The molecule has 1 fully saturated rings. The summed E-state index contributed by atoms with van der Waals surface area (Å²) in [5, 5.41) is 13.0. The molecule has 5 heteroatoms. The first kappa shape index (κ1) is 16.6. The van der Waals surface area contributed by atoms with Crippen LogP contribution in [0, 0.1) is 0 Å². The maximum Gasteiger partial charge on any atom is 0.173 e. The van der Waals surface area contributed by atoms with Gasteiger partial charge in [0.15, 0.2) is 5.82 Å². The third kappa shape index (κ3) is 3.16. The Hall–Kier alpha value is -2.53. The number of nitrogens with zero attached hydrogens (tertiary/aromatic N) is 5. The summed E-state index contributed by atoms with van der Waals surface area (Å²) in [5.74, 6) is 0.993. The van der Waals surface area contributed by atoms with Gasteiger partial charge in [-0.2, -0.15) is 0 Å². The van der Waals surface area contributed by atoms with Crippen LogP contribution in [-0.2, 0) is 13.0 Å². The molecule has 27 heavy (non-hydrogen) atoms. The fourth-order valence-electron chi connectivity index (χ4n) is 4.69. The number of hydrogen-bond acceptors (Lipinski definition) is 4. The highest BCUT2D eigenvalue weighted by Crippen LogP contribution is 2.35. The Morgan fingerprint density at radius 2 is 1.63 bits per heavy atom. The number of hydrogen-bond donors (Lipinski definition) is 0. The van der Waals surface area contributed by atoms with E-state index in [0.717, 1.165) is 25.3 Å². The number of benzene rings is 2. The quantitative estimate of drug-likeness (QED) is 0.708. The number of rotatable bonds is 4. The average molecular weight is 359 g/mol. The lowest BCUT2D eigenvalue weighted by Gasteiger charge is -2.35. The zero-order valence-corrected chi connectivity index (χ0v) is 15.5. The molecular weight excluding hydrogens is 334 g/mol. The summed E-state index contributed by atoms with van der Waals surface area (Å²) < 4.78 is 2.12. The minimum absolute atomic E-state index is 0.0927. The molecule has 138 valence electrons. The van der Waals surface area contributed by atoms with Gasteiger partial charge in [0.25, 0.3) is 0 Å². The van der Waals surface area contributed by atoms with Crippen molar-refractivity contribution in [3.63, 3.8) is 0 Å². The van der Waals surface area contributed by atoms with Crippen molar-refractivity contribution in [2.24, 2.45) is 0 Å². The van der Waals surface area contributed by atoms with Gasteiger partial charge in [-0.1, -0.05) is 67.4 Å². The summed E-state index contributed by atoms with van der Waals surface area (Å²) in [4.78, 5) is 2.54. The monoisotopic (exact) mass is 359 g/mol. The summed E-state index contributed by atoms with van der Waals surface area (Å²) in [6, 6.07) is 20.0. The molecule has 1 atom stereocenters. The van der Waals surface area contributed by atoms with Crippen molar-refractivity contribution in [2.45, 2.75) is 50.7 Å². The first-order chi connectivity index (χ1) is 13.4. The van der Waals surface area contributed by atoms with E-state index in [1.54, 1.807) is 0 Å². The highest BCUT2D eigenvalue weighted by atomic mass is 15.6. The lowest BCUT2D eigenvalue weighted by atomic mass is 9.96. The van der Waals surface area contributed by atoms with Crippen LogP contribution in [-0.4, -0.2) is 31.7 Å². The van der Waals surface area contributed by atoms with Crippen molar-refractivity contribution in [1.82, 2.24) is 25.1 Å². The minimum Gasteiger partial charge on any atom is -0.285 e. The van der Waals surface area contributed by atoms with E-state index < -0.39 is 0 Å². The second kappa shape index (κ2) is 7.24. The fourth-order valence-corrected chi connectivity index (χ4v) is 4.69. The van der Waals surface area contributed by atoms with E-state index in [1.165, 1.54) is 42.4 Å². The minimum atomic E-state index is 0.0927. The van der Waals surface area contributed by atoms with Gasteiger partial charge < -0.3 is 0 Å². The standard InChI is InChI=1S/C22H25N5/c1-2-9-18(10-3-1)21(22-23-24-25-27(22)20-12-6-7-13-20)26-15-14-17-8-4-5-11-19(17)16-26/h1-5,8-11,20-21H,6-7,12-16H2/t21-/m1/s1. The Balaban J connectivity index is 1.54. The van der Waals surface area contributed by atoms with Crippen LogP contribution in [0.4, 0.5) is 0 Å². The molecule has 0 amide bonds. The van der Waals surface area contributed by atoms with Crippen molar-refractivity contribution in [3.05, 3.63) is 77.1 Å². The van der Waals surface area contributed by atoms with Gasteiger partial charge in [-0.15, -0.1) is 5.10 Å². The molecule has 0 spiro atoms. The molecule has 2 heterocycles. The predicted molar refractivity (Wildman–Crippen MR) is 104 cm³/mol. The maximum atomic E-state index is 4.53. The summed E-state index contributed by atoms with van der Waals surface area (Å²) >= 11 is 0. The largest absolute Gasteiger partial charge is 0.285 e. The molecule has 3 aromatic rings. The van der Waals surface area contributed by atoms with Gasteiger partial charge in [-0.05, 0) is 46.4 Å². The molecule has 0 unspecified atom stereocenters. The zero-order valence-electron chi connectivity index (χ0n) is 15.5. The molecule has 0 saturated heterocycles. The second-order valence-electron chi connectivity index (χ2n) is 7.72. The maximum absolute atomic E-state index is 4.53. The molecule has 0 N–H and O–H groups in total. The van der Waals surface area contributed by atoms with Crippen LogP contribution >= 0.6 is 0 Å². The van der Waals surface area contributed by atoms with Crippen LogP contribution in [0.1, 0.15) is 60.3 Å². The Kier molecular flexibility index (Phi) is 4.46. The lowest BCUT2D eigenvalue weighted by Crippen LogP contribution is -2.36. The molecule has 1 aliphatic carbocycles. The van der Waals surface area contributed by atoms with E-state index in [2.05, 4.69) is 79.7 Å². The molecule has 5 nitrogen and oxygen atoms in total. The highest BCUT2D eigenvalue weighted by molar-refractivity contribution is 5.31. The highest BCUT2D eigenvalue weighted by Gasteiger charge is 2.32.